The number of alkyl halides is 3. The van der Waals surface area contributed by atoms with Gasteiger partial charge in [-0.3, -0.25) is 0 Å². The zero-order valence-corrected chi connectivity index (χ0v) is 21.0. The molecule has 0 fully saturated rings. The molecular weight excluding hydrogens is 514 g/mol. The summed E-state index contributed by atoms with van der Waals surface area (Å²) < 4.78 is 55.1. The number of rotatable bonds is 8. The number of carboxylic acids is 1. The average Bonchev–Trinajstić information content (AvgIpc) is 3.39. The molecule has 0 amide bonds. The third-order valence-corrected chi connectivity index (χ3v) is 7.45. The van der Waals surface area contributed by atoms with Crippen LogP contribution in [0.1, 0.15) is 41.8 Å². The van der Waals surface area contributed by atoms with Crippen molar-refractivity contribution in [2.45, 2.75) is 42.8 Å². The van der Waals surface area contributed by atoms with Crippen molar-refractivity contribution in [2.75, 3.05) is 0 Å². The first-order valence-electron chi connectivity index (χ1n) is 10.9. The van der Waals surface area contributed by atoms with E-state index >= 15 is 0 Å². The quantitative estimate of drug-likeness (QED) is 0.186. The fraction of sp³-hybridized carbons (Fsp3) is 0.240. The Bertz CT molecular complexity index is 1400. The topological polar surface area (TPSA) is 68.0 Å². The number of thiazole rings is 1. The molecule has 188 valence electrons. The molecule has 4 rings (SSSR count). The Labute approximate surface area is 212 Å². The van der Waals surface area contributed by atoms with Gasteiger partial charge in [-0.1, -0.05) is 61.6 Å². The molecule has 0 aliphatic carbocycles. The zero-order valence-electron chi connectivity index (χ0n) is 19.4. The van der Waals surface area contributed by atoms with Gasteiger partial charge in [0.15, 0.2) is 11.9 Å². The van der Waals surface area contributed by atoms with E-state index in [-0.39, 0.29) is 27.2 Å². The minimum absolute atomic E-state index is 0.141. The van der Waals surface area contributed by atoms with Crippen LogP contribution in [0.5, 0.6) is 0 Å². The molecule has 0 spiro atoms. The monoisotopic (exact) mass is 535 g/mol. The van der Waals surface area contributed by atoms with E-state index in [2.05, 4.69) is 10.1 Å². The van der Waals surface area contributed by atoms with E-state index in [0.29, 0.717) is 22.5 Å². The number of halogens is 4. The zero-order chi connectivity index (χ0) is 26.1. The fourth-order valence-electron chi connectivity index (χ4n) is 3.69. The molecule has 2 aromatic heterocycles. The summed E-state index contributed by atoms with van der Waals surface area (Å²) in [7, 11) is 0. The lowest BCUT2D eigenvalue weighted by molar-refractivity contribution is 0.0496. The van der Waals surface area contributed by atoms with Crippen molar-refractivity contribution in [3.63, 3.8) is 0 Å². The van der Waals surface area contributed by atoms with Crippen LogP contribution in [0.4, 0.5) is 17.6 Å². The van der Waals surface area contributed by atoms with E-state index in [9.17, 15) is 27.5 Å². The molecule has 1 N–H and O–H groups in total. The predicted molar refractivity (Wildman–Crippen MR) is 133 cm³/mol. The normalized spacial score (nSPS) is 12.5. The number of aromatic nitrogens is 3. The maximum Gasteiger partial charge on any atom is 0.355 e. The summed E-state index contributed by atoms with van der Waals surface area (Å²) in [4.78, 5) is 16.9. The van der Waals surface area contributed by atoms with Crippen LogP contribution in [0.2, 0.25) is 0 Å². The molecule has 0 radical (unpaired) electrons. The van der Waals surface area contributed by atoms with Gasteiger partial charge in [0.25, 0.3) is 6.43 Å². The van der Waals surface area contributed by atoms with Crippen LogP contribution < -0.4 is 0 Å². The summed E-state index contributed by atoms with van der Waals surface area (Å²) in [6, 6.07) is 11.2. The third-order valence-electron chi connectivity index (χ3n) is 5.21. The van der Waals surface area contributed by atoms with Gasteiger partial charge in [-0.25, -0.2) is 27.3 Å². The number of carbonyl (C=O) groups is 1. The highest BCUT2D eigenvalue weighted by atomic mass is 32.2. The molecule has 2 aromatic carbocycles. The minimum Gasteiger partial charge on any atom is -0.476 e. The second kappa shape index (κ2) is 10.4. The summed E-state index contributed by atoms with van der Waals surface area (Å²) >= 11 is 2.72. The number of aromatic carboxylic acids is 1. The van der Waals surface area contributed by atoms with Gasteiger partial charge < -0.3 is 5.11 Å². The molecule has 1 atom stereocenters. The highest BCUT2D eigenvalue weighted by molar-refractivity contribution is 8.01. The average molecular weight is 536 g/mol. The van der Waals surface area contributed by atoms with Gasteiger partial charge in [-0.05, 0) is 30.2 Å². The van der Waals surface area contributed by atoms with Gasteiger partial charge in [0.1, 0.15) is 5.82 Å². The Kier molecular flexibility index (Phi) is 7.51. The Balaban J connectivity index is 1.85. The lowest BCUT2D eigenvalue weighted by Crippen LogP contribution is -2.09. The number of nitrogens with zero attached hydrogens (tertiary/aromatic N) is 3. The van der Waals surface area contributed by atoms with Gasteiger partial charge in [0.05, 0.1) is 15.6 Å². The second-order valence-corrected chi connectivity index (χ2v) is 11.0. The van der Waals surface area contributed by atoms with Gasteiger partial charge in [-0.2, -0.15) is 9.78 Å². The third kappa shape index (κ3) is 5.17. The van der Waals surface area contributed by atoms with Crippen LogP contribution in [-0.4, -0.2) is 37.5 Å². The van der Waals surface area contributed by atoms with E-state index < -0.39 is 24.4 Å². The molecule has 0 aliphatic rings. The van der Waals surface area contributed by atoms with Crippen LogP contribution in [0.15, 0.2) is 52.7 Å². The van der Waals surface area contributed by atoms with E-state index in [0.717, 1.165) is 4.21 Å². The van der Waals surface area contributed by atoms with Gasteiger partial charge in [0.2, 0.25) is 5.13 Å². The number of hydrogen-bond donors (Lipinski definition) is 1. The molecule has 1 unspecified atom stereocenters. The molecule has 4 aromatic rings. The minimum atomic E-state index is -3.13. The first kappa shape index (κ1) is 25.9. The first-order chi connectivity index (χ1) is 17.1. The Hall–Kier alpha value is -3.18. The maximum atomic E-state index is 13.9. The Morgan fingerprint density at radius 1 is 1.08 bits per heavy atom. The smallest absolute Gasteiger partial charge is 0.355 e. The second-order valence-electron chi connectivity index (χ2n) is 8.19. The highest BCUT2D eigenvalue weighted by Gasteiger charge is 2.27. The number of carboxylic acid groups (broad SMARTS) is 1. The van der Waals surface area contributed by atoms with E-state index in [4.69, 9.17) is 0 Å². The maximum absolute atomic E-state index is 13.9. The van der Waals surface area contributed by atoms with Crippen LogP contribution >= 0.6 is 23.1 Å². The van der Waals surface area contributed by atoms with Crippen molar-refractivity contribution < 1.29 is 27.5 Å². The van der Waals surface area contributed by atoms with Crippen LogP contribution in [0.3, 0.4) is 0 Å². The number of thioether (sulfide) groups is 1. The molecule has 0 aliphatic heterocycles. The van der Waals surface area contributed by atoms with E-state index in [1.165, 1.54) is 70.2 Å². The molecule has 0 saturated heterocycles. The van der Waals surface area contributed by atoms with Gasteiger partial charge in [0, 0.05) is 16.4 Å². The molecule has 5 nitrogen and oxygen atoms in total. The molecular formula is C25H21F4N3O2S2. The summed E-state index contributed by atoms with van der Waals surface area (Å²) in [5.41, 5.74) is 1.81. The lowest BCUT2D eigenvalue weighted by atomic mass is 10.0. The summed E-state index contributed by atoms with van der Waals surface area (Å²) in [5, 5.41) is 14.9. The molecule has 0 saturated carbocycles. The van der Waals surface area contributed by atoms with Crippen molar-refractivity contribution in [3.05, 3.63) is 71.3 Å². The SMILES string of the molecule is Cc1nn(-c2nc(-c3ccc(C(F)C(F)F)cc3)c(SC(C)C)s2)c(C(=O)O)c1-c1cccc(F)c1. The molecule has 11 heteroatoms. The Morgan fingerprint density at radius 3 is 2.36 bits per heavy atom. The predicted octanol–water partition coefficient (Wildman–Crippen LogP) is 7.58. The highest BCUT2D eigenvalue weighted by Crippen LogP contribution is 2.41. The summed E-state index contributed by atoms with van der Waals surface area (Å²) in [6.07, 6.45) is -5.51. The molecule has 36 heavy (non-hydrogen) atoms. The van der Waals surface area contributed by atoms with Crippen LogP contribution in [0, 0.1) is 12.7 Å². The van der Waals surface area contributed by atoms with Gasteiger partial charge >= 0.3 is 5.97 Å². The molecule has 0 bridgehead atoms. The number of hydrogen-bond acceptors (Lipinski definition) is 5. The first-order valence-corrected chi connectivity index (χ1v) is 12.6. The standard InChI is InChI=1S/C25H21F4N3O2S2/c1-12(2)35-24-20(15-9-7-14(8-10-15)19(27)22(28)29)30-25(36-24)32-21(23(33)34)18(13(3)31-32)16-5-4-6-17(26)11-16/h4-12,19,22H,1-3H3,(H,33,34). The van der Waals surface area contributed by atoms with Crippen LogP contribution in [-0.2, 0) is 0 Å². The van der Waals surface area contributed by atoms with Crippen molar-refractivity contribution in [3.8, 4) is 27.5 Å². The molecule has 2 heterocycles. The summed E-state index contributed by atoms with van der Waals surface area (Å²) in [5.74, 6) is -1.76. The van der Waals surface area contributed by atoms with Crippen LogP contribution in [0.25, 0.3) is 27.5 Å². The Morgan fingerprint density at radius 2 is 1.78 bits per heavy atom. The van der Waals surface area contributed by atoms with Crippen molar-refractivity contribution in [1.82, 2.24) is 14.8 Å². The number of benzene rings is 2. The summed E-state index contributed by atoms with van der Waals surface area (Å²) in [6.45, 7) is 5.60. The number of aryl methyl sites for hydroxylation is 1. The van der Waals surface area contributed by atoms with E-state index in [1.807, 2.05) is 13.8 Å². The largest absolute Gasteiger partial charge is 0.476 e. The van der Waals surface area contributed by atoms with Crippen molar-refractivity contribution in [1.29, 1.82) is 0 Å². The van der Waals surface area contributed by atoms with Crippen molar-refractivity contribution >= 4 is 29.1 Å². The lowest BCUT2D eigenvalue weighted by Gasteiger charge is -2.09. The van der Waals surface area contributed by atoms with E-state index in [1.54, 1.807) is 13.0 Å². The van der Waals surface area contributed by atoms with Crippen molar-refractivity contribution in [2.24, 2.45) is 0 Å². The fourth-order valence-corrected chi connectivity index (χ4v) is 6.16. The van der Waals surface area contributed by atoms with Gasteiger partial charge in [-0.15, -0.1) is 11.8 Å².